The topological polar surface area (TPSA) is 118 Å². The molecule has 47 heavy (non-hydrogen) atoms. The molecule has 0 saturated heterocycles. The quantitative estimate of drug-likeness (QED) is 0.0653. The highest BCUT2D eigenvalue weighted by Crippen LogP contribution is 2.38. The Bertz CT molecular complexity index is 1890. The molecule has 5 rings (SSSR count). The highest BCUT2D eigenvalue weighted by molar-refractivity contribution is 7.21. The molecular formula is C34H37N3O8S2. The Balaban J connectivity index is 1.17. The zero-order valence-electron chi connectivity index (χ0n) is 27.0. The Hall–Kier alpha value is -4.62. The fourth-order valence-corrected chi connectivity index (χ4v) is 7.04. The molecule has 0 radical (unpaired) electrons. The monoisotopic (exact) mass is 679 g/mol. The number of hydrogen-bond donors (Lipinski definition) is 0. The Morgan fingerprint density at radius 3 is 2.06 bits per heavy atom. The number of hydrogen-bond acceptors (Lipinski definition) is 11. The van der Waals surface area contributed by atoms with Crippen molar-refractivity contribution in [1.29, 1.82) is 0 Å². The summed E-state index contributed by atoms with van der Waals surface area (Å²) in [5.74, 6) is 1.72. The molecular weight excluding hydrogens is 643 g/mol. The Morgan fingerprint density at radius 2 is 1.43 bits per heavy atom. The third kappa shape index (κ3) is 8.22. The standard InChI is InChI=1S/C34H37N3O8S2/c1-6-43-33(39)9-8-24(38)31-16-22-15-27(26(42-5)18-29(22)46-31)44-12-7-13-45-28-19-30-21(14-25(28)41-4)17-32(47-30)34(40)36(2)20-23-10-11-37(3)35-23/h10-11,14-19H,6-9,12-13,20H2,1-5H3. The number of ether oxygens (including phenoxy) is 5. The molecule has 2 aromatic carbocycles. The number of esters is 1. The number of aryl methyl sites for hydroxylation is 1. The largest absolute Gasteiger partial charge is 0.493 e. The minimum absolute atomic E-state index is 0.0549. The van der Waals surface area contributed by atoms with Crippen molar-refractivity contribution in [1.82, 2.24) is 14.7 Å². The van der Waals surface area contributed by atoms with Gasteiger partial charge in [0, 0.05) is 54.7 Å². The third-order valence-corrected chi connectivity index (χ3v) is 9.50. The number of benzene rings is 2. The Morgan fingerprint density at radius 1 is 0.830 bits per heavy atom. The fourth-order valence-electron chi connectivity index (χ4n) is 4.93. The van der Waals surface area contributed by atoms with Gasteiger partial charge in [-0.1, -0.05) is 0 Å². The number of methoxy groups -OCH3 is 2. The van der Waals surface area contributed by atoms with Gasteiger partial charge in [0.25, 0.3) is 5.91 Å². The van der Waals surface area contributed by atoms with Crippen LogP contribution in [0.4, 0.5) is 0 Å². The Labute approximate surface area is 280 Å². The predicted molar refractivity (Wildman–Crippen MR) is 182 cm³/mol. The number of fused-ring (bicyclic) bond motifs is 2. The number of aromatic nitrogens is 2. The van der Waals surface area contributed by atoms with Crippen molar-refractivity contribution in [2.45, 2.75) is 32.7 Å². The van der Waals surface area contributed by atoms with E-state index in [0.717, 1.165) is 25.9 Å². The van der Waals surface area contributed by atoms with Crippen LogP contribution in [0.1, 0.15) is 51.2 Å². The molecule has 248 valence electrons. The normalized spacial score (nSPS) is 11.1. The lowest BCUT2D eigenvalue weighted by Gasteiger charge is -2.14. The van der Waals surface area contributed by atoms with E-state index in [2.05, 4.69) is 5.10 Å². The molecule has 0 bridgehead atoms. The third-order valence-electron chi connectivity index (χ3n) is 7.27. The molecule has 0 N–H and O–H groups in total. The first-order valence-corrected chi connectivity index (χ1v) is 16.7. The van der Waals surface area contributed by atoms with Gasteiger partial charge in [0.1, 0.15) is 0 Å². The molecule has 0 unspecified atom stereocenters. The zero-order valence-corrected chi connectivity index (χ0v) is 28.6. The number of thiophene rings is 2. The van der Waals surface area contributed by atoms with E-state index in [1.54, 1.807) is 37.8 Å². The number of ketones is 1. The van der Waals surface area contributed by atoms with Crippen LogP contribution in [0, 0.1) is 0 Å². The van der Waals surface area contributed by atoms with Gasteiger partial charge in [0.2, 0.25) is 0 Å². The van der Waals surface area contributed by atoms with Gasteiger partial charge in [-0.2, -0.15) is 5.10 Å². The van der Waals surface area contributed by atoms with Gasteiger partial charge in [0.05, 0.1) is 62.5 Å². The van der Waals surface area contributed by atoms with Gasteiger partial charge in [-0.3, -0.25) is 19.1 Å². The lowest BCUT2D eigenvalue weighted by atomic mass is 10.1. The second-order valence-corrected chi connectivity index (χ2v) is 12.9. The van der Waals surface area contributed by atoms with E-state index in [0.29, 0.717) is 65.5 Å². The summed E-state index contributed by atoms with van der Waals surface area (Å²) < 4.78 is 31.7. The Kier molecular flexibility index (Phi) is 11.0. The summed E-state index contributed by atoms with van der Waals surface area (Å²) >= 11 is 2.76. The SMILES string of the molecule is CCOC(=O)CCC(=O)c1cc2cc(OCCCOc3cc4sc(C(=O)N(C)Cc5ccn(C)n5)cc4cc3OC)c(OC)cc2s1. The van der Waals surface area contributed by atoms with Crippen LogP contribution in [0.15, 0.2) is 48.7 Å². The summed E-state index contributed by atoms with van der Waals surface area (Å²) in [6.45, 7) is 3.18. The average Bonchev–Trinajstić information content (AvgIpc) is 3.79. The molecule has 3 aromatic heterocycles. The van der Waals surface area contributed by atoms with Crippen molar-refractivity contribution in [3.05, 3.63) is 64.1 Å². The van der Waals surface area contributed by atoms with Crippen LogP contribution < -0.4 is 18.9 Å². The van der Waals surface area contributed by atoms with E-state index in [4.69, 9.17) is 23.7 Å². The number of carbonyl (C=O) groups is 3. The highest BCUT2D eigenvalue weighted by atomic mass is 32.1. The van der Waals surface area contributed by atoms with Crippen molar-refractivity contribution < 1.29 is 38.1 Å². The van der Waals surface area contributed by atoms with E-state index in [9.17, 15) is 14.4 Å². The first-order valence-electron chi connectivity index (χ1n) is 15.1. The zero-order chi connectivity index (χ0) is 33.5. The molecule has 0 aliphatic carbocycles. The van der Waals surface area contributed by atoms with Crippen molar-refractivity contribution in [3.8, 4) is 23.0 Å². The van der Waals surface area contributed by atoms with Crippen molar-refractivity contribution in [2.75, 3.05) is 41.1 Å². The molecule has 0 fully saturated rings. The summed E-state index contributed by atoms with van der Waals surface area (Å²) in [6, 6.07) is 13.1. The van der Waals surface area contributed by atoms with Gasteiger partial charge in [0.15, 0.2) is 28.8 Å². The van der Waals surface area contributed by atoms with Crippen LogP contribution in [0.2, 0.25) is 0 Å². The maximum atomic E-state index is 13.1. The summed E-state index contributed by atoms with van der Waals surface area (Å²) in [6.07, 6.45) is 2.59. The summed E-state index contributed by atoms with van der Waals surface area (Å²) in [7, 11) is 6.77. The van der Waals surface area contributed by atoms with Crippen LogP contribution in [0.3, 0.4) is 0 Å². The molecule has 5 aromatic rings. The van der Waals surface area contributed by atoms with Gasteiger partial charge >= 0.3 is 5.97 Å². The van der Waals surface area contributed by atoms with E-state index in [1.165, 1.54) is 22.7 Å². The van der Waals surface area contributed by atoms with Crippen molar-refractivity contribution in [2.24, 2.45) is 7.05 Å². The smallest absolute Gasteiger partial charge is 0.306 e. The number of nitrogens with zero attached hydrogens (tertiary/aromatic N) is 3. The molecule has 13 heteroatoms. The van der Waals surface area contributed by atoms with Gasteiger partial charge in [-0.25, -0.2) is 0 Å². The van der Waals surface area contributed by atoms with Crippen LogP contribution in [-0.2, 0) is 23.1 Å². The van der Waals surface area contributed by atoms with Crippen LogP contribution in [0.5, 0.6) is 23.0 Å². The van der Waals surface area contributed by atoms with Crippen molar-refractivity contribution >= 4 is 60.5 Å². The highest BCUT2D eigenvalue weighted by Gasteiger charge is 2.19. The first-order chi connectivity index (χ1) is 22.7. The van der Waals surface area contributed by atoms with Gasteiger partial charge in [-0.15, -0.1) is 22.7 Å². The minimum atomic E-state index is -0.379. The lowest BCUT2D eigenvalue weighted by Crippen LogP contribution is -2.25. The number of amides is 1. The summed E-state index contributed by atoms with van der Waals surface area (Å²) in [5, 5.41) is 6.12. The lowest BCUT2D eigenvalue weighted by molar-refractivity contribution is -0.143. The van der Waals surface area contributed by atoms with Crippen LogP contribution >= 0.6 is 22.7 Å². The second kappa shape index (κ2) is 15.3. The molecule has 1 amide bonds. The van der Waals surface area contributed by atoms with E-state index in [1.807, 2.05) is 55.7 Å². The van der Waals surface area contributed by atoms with Gasteiger partial charge < -0.3 is 28.6 Å². The number of rotatable bonds is 16. The maximum absolute atomic E-state index is 13.1. The number of carbonyl (C=O) groups excluding carboxylic acids is 3. The molecule has 0 saturated carbocycles. The minimum Gasteiger partial charge on any atom is -0.493 e. The van der Waals surface area contributed by atoms with Crippen molar-refractivity contribution in [3.63, 3.8) is 0 Å². The second-order valence-electron chi connectivity index (χ2n) is 10.7. The predicted octanol–water partition coefficient (Wildman–Crippen LogP) is 6.51. The molecule has 3 heterocycles. The molecule has 0 atom stereocenters. The molecule has 0 spiro atoms. The van der Waals surface area contributed by atoms with E-state index < -0.39 is 0 Å². The maximum Gasteiger partial charge on any atom is 0.306 e. The molecule has 0 aliphatic rings. The molecule has 11 nitrogen and oxygen atoms in total. The molecule has 0 aliphatic heterocycles. The van der Waals surface area contributed by atoms with E-state index in [-0.39, 0.29) is 30.5 Å². The average molecular weight is 680 g/mol. The van der Waals surface area contributed by atoms with Gasteiger partial charge in [-0.05, 0) is 48.0 Å². The summed E-state index contributed by atoms with van der Waals surface area (Å²) in [5.41, 5.74) is 0.821. The number of Topliss-reactive ketones (excluding diaryl/α,β-unsaturated/α-hetero) is 1. The fraction of sp³-hybridized carbons (Fsp3) is 0.353. The van der Waals surface area contributed by atoms with E-state index >= 15 is 0 Å². The summed E-state index contributed by atoms with van der Waals surface area (Å²) in [4.78, 5) is 40.3. The van der Waals surface area contributed by atoms with Crippen LogP contribution in [0.25, 0.3) is 20.2 Å². The van der Waals surface area contributed by atoms with Crippen LogP contribution in [-0.4, -0.2) is 73.4 Å². The first kappa shape index (κ1) is 33.7.